The Morgan fingerprint density at radius 2 is 1.82 bits per heavy atom. The summed E-state index contributed by atoms with van der Waals surface area (Å²) >= 11 is 3.72. The summed E-state index contributed by atoms with van der Waals surface area (Å²) in [4.78, 5) is 0. The number of methoxy groups -OCH3 is 2. The van der Waals surface area contributed by atoms with E-state index in [1.807, 2.05) is 12.1 Å². The van der Waals surface area contributed by atoms with Gasteiger partial charge in [0, 0.05) is 16.1 Å². The van der Waals surface area contributed by atoms with Crippen LogP contribution in [0.5, 0.6) is 11.5 Å². The molecule has 5 atom stereocenters. The minimum Gasteiger partial charge on any atom is -0.497 e. The summed E-state index contributed by atoms with van der Waals surface area (Å²) in [5.74, 6) is 3.47. The molecule has 0 spiro atoms. The number of aliphatic hydroxyl groups is 1. The molecule has 28 heavy (non-hydrogen) atoms. The van der Waals surface area contributed by atoms with Gasteiger partial charge in [-0.3, -0.25) is 0 Å². The molecule has 0 aromatic heterocycles. The molecule has 0 aliphatic heterocycles. The number of halogens is 1. The molecule has 0 heterocycles. The van der Waals surface area contributed by atoms with Crippen molar-refractivity contribution in [3.8, 4) is 11.5 Å². The van der Waals surface area contributed by atoms with Crippen molar-refractivity contribution in [2.24, 2.45) is 28.6 Å². The van der Waals surface area contributed by atoms with Gasteiger partial charge in [0.05, 0.1) is 19.8 Å². The lowest BCUT2D eigenvalue weighted by atomic mass is 9.46. The summed E-state index contributed by atoms with van der Waals surface area (Å²) in [6.45, 7) is 7.30. The van der Waals surface area contributed by atoms with Crippen LogP contribution in [0.2, 0.25) is 0 Å². The van der Waals surface area contributed by atoms with Crippen LogP contribution in [0.15, 0.2) is 16.6 Å². The molecule has 3 saturated carbocycles. The van der Waals surface area contributed by atoms with E-state index in [1.54, 1.807) is 14.2 Å². The van der Waals surface area contributed by atoms with Gasteiger partial charge in [-0.05, 0) is 79.6 Å². The quantitative estimate of drug-likeness (QED) is 0.610. The average Bonchev–Trinajstić information content (AvgIpc) is 2.70. The van der Waals surface area contributed by atoms with Gasteiger partial charge in [-0.15, -0.1) is 0 Å². The van der Waals surface area contributed by atoms with E-state index in [0.717, 1.165) is 59.1 Å². The lowest BCUT2D eigenvalue weighted by Gasteiger charge is -2.59. The molecular weight excluding hydrogens is 416 g/mol. The van der Waals surface area contributed by atoms with Gasteiger partial charge in [-0.25, -0.2) is 0 Å². The highest BCUT2D eigenvalue weighted by Crippen LogP contribution is 2.67. The van der Waals surface area contributed by atoms with Gasteiger partial charge >= 0.3 is 0 Å². The SMILES string of the molecule is COc1cc(Br)c(C[C@@H]2CC[C@@]3(C)C[C@]2(O)CC[C@@H]2[C@@H]3CC2(C)C)c(OC)c1. The van der Waals surface area contributed by atoms with Gasteiger partial charge in [0.2, 0.25) is 0 Å². The van der Waals surface area contributed by atoms with E-state index in [1.165, 1.54) is 19.3 Å². The highest BCUT2D eigenvalue weighted by molar-refractivity contribution is 9.10. The predicted molar refractivity (Wildman–Crippen MR) is 116 cm³/mol. The fourth-order valence-corrected chi connectivity index (χ4v) is 7.49. The molecule has 3 aliphatic rings. The number of hydrogen-bond acceptors (Lipinski definition) is 3. The Labute approximate surface area is 178 Å². The highest BCUT2D eigenvalue weighted by Gasteiger charge is 2.61. The van der Waals surface area contributed by atoms with E-state index in [4.69, 9.17) is 9.47 Å². The van der Waals surface area contributed by atoms with E-state index in [2.05, 4.69) is 36.7 Å². The zero-order chi connectivity index (χ0) is 20.3. The third-order valence-electron chi connectivity index (χ3n) is 8.59. The molecule has 4 rings (SSSR count). The van der Waals surface area contributed by atoms with Crippen molar-refractivity contribution in [2.75, 3.05) is 14.2 Å². The standard InChI is InChI=1S/C24H35BrO3/c1-22(2)13-19-18(22)7-9-24(26)14-23(19,3)8-6-15(24)10-17-20(25)11-16(27-4)12-21(17)28-5/h11-12,15,18-19,26H,6-10,13-14H2,1-5H3/t15-,18+,19-,23-,24+/m0/s1. The summed E-state index contributed by atoms with van der Waals surface area (Å²) in [6, 6.07) is 3.96. The number of hydrogen-bond donors (Lipinski definition) is 1. The number of fused-ring (bicyclic) bond motifs is 4. The minimum absolute atomic E-state index is 0.278. The fourth-order valence-electron chi connectivity index (χ4n) is 6.91. The molecule has 1 aromatic rings. The maximum Gasteiger partial charge on any atom is 0.126 e. The lowest BCUT2D eigenvalue weighted by molar-refractivity contribution is -0.129. The Morgan fingerprint density at radius 1 is 1.07 bits per heavy atom. The first-order valence-corrected chi connectivity index (χ1v) is 11.5. The van der Waals surface area contributed by atoms with E-state index in [9.17, 15) is 5.11 Å². The van der Waals surface area contributed by atoms with Crippen molar-refractivity contribution in [2.45, 2.75) is 71.3 Å². The van der Waals surface area contributed by atoms with Gasteiger partial charge in [0.15, 0.2) is 0 Å². The zero-order valence-electron chi connectivity index (χ0n) is 18.0. The van der Waals surface area contributed by atoms with Crippen molar-refractivity contribution in [1.82, 2.24) is 0 Å². The molecular formula is C24H35BrO3. The van der Waals surface area contributed by atoms with Crippen molar-refractivity contribution >= 4 is 15.9 Å². The second-order valence-corrected chi connectivity index (χ2v) is 11.5. The molecule has 2 bridgehead atoms. The van der Waals surface area contributed by atoms with Crippen molar-refractivity contribution < 1.29 is 14.6 Å². The normalized spacial score (nSPS) is 38.8. The summed E-state index contributed by atoms with van der Waals surface area (Å²) in [6.07, 6.45) is 7.56. The monoisotopic (exact) mass is 450 g/mol. The Kier molecular flexibility index (Phi) is 5.06. The van der Waals surface area contributed by atoms with Crippen molar-refractivity contribution in [3.63, 3.8) is 0 Å². The summed E-state index contributed by atoms with van der Waals surface area (Å²) in [5.41, 5.74) is 1.32. The molecule has 0 unspecified atom stereocenters. The molecule has 0 radical (unpaired) electrons. The molecule has 3 fully saturated rings. The van der Waals surface area contributed by atoms with Gasteiger partial charge in [0.25, 0.3) is 0 Å². The summed E-state index contributed by atoms with van der Waals surface area (Å²) < 4.78 is 12.1. The van der Waals surface area contributed by atoms with E-state index in [0.29, 0.717) is 10.8 Å². The summed E-state index contributed by atoms with van der Waals surface area (Å²) in [5, 5.41) is 11.9. The van der Waals surface area contributed by atoms with Crippen LogP contribution < -0.4 is 9.47 Å². The molecule has 0 saturated heterocycles. The molecule has 3 nitrogen and oxygen atoms in total. The first kappa shape index (κ1) is 20.5. The third-order valence-corrected chi connectivity index (χ3v) is 9.29. The molecule has 0 amide bonds. The van der Waals surface area contributed by atoms with Gasteiger partial charge in [-0.2, -0.15) is 0 Å². The zero-order valence-corrected chi connectivity index (χ0v) is 19.6. The first-order valence-electron chi connectivity index (χ1n) is 10.7. The average molecular weight is 451 g/mol. The molecule has 4 heteroatoms. The Balaban J connectivity index is 1.62. The van der Waals surface area contributed by atoms with Crippen LogP contribution in [0.4, 0.5) is 0 Å². The maximum absolute atomic E-state index is 11.9. The highest BCUT2D eigenvalue weighted by atomic mass is 79.9. The summed E-state index contributed by atoms with van der Waals surface area (Å²) in [7, 11) is 3.38. The first-order chi connectivity index (χ1) is 13.1. The molecule has 3 aliphatic carbocycles. The van der Waals surface area contributed by atoms with Gasteiger partial charge in [0.1, 0.15) is 11.5 Å². The largest absolute Gasteiger partial charge is 0.497 e. The smallest absolute Gasteiger partial charge is 0.126 e. The number of benzene rings is 1. The van der Waals surface area contributed by atoms with E-state index < -0.39 is 5.60 Å². The predicted octanol–water partition coefficient (Wildman–Crippen LogP) is 6.00. The van der Waals surface area contributed by atoms with Crippen molar-refractivity contribution in [3.05, 3.63) is 22.2 Å². The fraction of sp³-hybridized carbons (Fsp3) is 0.750. The lowest BCUT2D eigenvalue weighted by Crippen LogP contribution is -2.53. The van der Waals surface area contributed by atoms with Crippen LogP contribution in [0.25, 0.3) is 0 Å². The van der Waals surface area contributed by atoms with Crippen LogP contribution in [0.1, 0.15) is 64.9 Å². The second-order valence-electron chi connectivity index (χ2n) is 10.6. The molecule has 1 aromatic carbocycles. The van der Waals surface area contributed by atoms with E-state index in [-0.39, 0.29) is 5.92 Å². The van der Waals surface area contributed by atoms with Crippen LogP contribution >= 0.6 is 15.9 Å². The Bertz CT molecular complexity index is 760. The Morgan fingerprint density at radius 3 is 2.46 bits per heavy atom. The maximum atomic E-state index is 11.9. The van der Waals surface area contributed by atoms with Crippen LogP contribution in [0, 0.1) is 28.6 Å². The number of ether oxygens (including phenoxy) is 2. The molecule has 156 valence electrons. The molecule has 1 N–H and O–H groups in total. The van der Waals surface area contributed by atoms with Crippen molar-refractivity contribution in [1.29, 1.82) is 0 Å². The minimum atomic E-state index is -0.565. The number of rotatable bonds is 4. The van der Waals surface area contributed by atoms with Crippen LogP contribution in [-0.2, 0) is 6.42 Å². The van der Waals surface area contributed by atoms with Gasteiger partial charge < -0.3 is 14.6 Å². The van der Waals surface area contributed by atoms with E-state index >= 15 is 0 Å². The van der Waals surface area contributed by atoms with Crippen LogP contribution in [0.3, 0.4) is 0 Å². The van der Waals surface area contributed by atoms with Gasteiger partial charge in [-0.1, -0.05) is 36.7 Å². The second kappa shape index (κ2) is 6.91. The topological polar surface area (TPSA) is 38.7 Å². The Hall–Kier alpha value is -0.740. The van der Waals surface area contributed by atoms with Crippen LogP contribution in [-0.4, -0.2) is 24.9 Å². The third kappa shape index (κ3) is 3.19.